The fourth-order valence-corrected chi connectivity index (χ4v) is 2.56. The number of aryl methyl sites for hydroxylation is 1. The zero-order valence-corrected chi connectivity index (χ0v) is 14.9. The molecule has 0 unspecified atom stereocenters. The van der Waals surface area contributed by atoms with Gasteiger partial charge in [0.15, 0.2) is 0 Å². The molecule has 0 aromatic heterocycles. The molecule has 0 aliphatic carbocycles. The van der Waals surface area contributed by atoms with Gasteiger partial charge in [-0.15, -0.1) is 0 Å². The van der Waals surface area contributed by atoms with Crippen LogP contribution in [0.15, 0.2) is 16.6 Å². The number of ether oxygens (including phenoxy) is 2. The molecule has 0 saturated carbocycles. The quantitative estimate of drug-likeness (QED) is 0.665. The first-order chi connectivity index (χ1) is 9.83. The van der Waals surface area contributed by atoms with E-state index in [0.29, 0.717) is 19.6 Å². The summed E-state index contributed by atoms with van der Waals surface area (Å²) in [7, 11) is 1.69. The van der Waals surface area contributed by atoms with Crippen molar-refractivity contribution < 1.29 is 14.6 Å². The van der Waals surface area contributed by atoms with Gasteiger partial charge in [0.05, 0.1) is 18.8 Å². The smallest absolute Gasteiger partial charge is 0.126 e. The van der Waals surface area contributed by atoms with Gasteiger partial charge in [0.2, 0.25) is 0 Å². The van der Waals surface area contributed by atoms with Crippen molar-refractivity contribution in [3.8, 4) is 5.75 Å². The topological polar surface area (TPSA) is 50.7 Å². The van der Waals surface area contributed by atoms with Crippen LogP contribution in [0.3, 0.4) is 0 Å². The highest BCUT2D eigenvalue weighted by Gasteiger charge is 2.14. The highest BCUT2D eigenvalue weighted by atomic mass is 79.9. The number of halogens is 1. The Morgan fingerprint density at radius 2 is 2.00 bits per heavy atom. The molecule has 1 rings (SSSR count). The molecule has 1 aromatic carbocycles. The molecule has 2 N–H and O–H groups in total. The summed E-state index contributed by atoms with van der Waals surface area (Å²) in [5.74, 6) is 0.896. The second-order valence-electron chi connectivity index (χ2n) is 5.79. The molecule has 5 heteroatoms. The van der Waals surface area contributed by atoms with Gasteiger partial charge in [0.25, 0.3) is 0 Å². The monoisotopic (exact) mass is 359 g/mol. The Morgan fingerprint density at radius 3 is 2.62 bits per heavy atom. The van der Waals surface area contributed by atoms with Gasteiger partial charge in [-0.25, -0.2) is 0 Å². The van der Waals surface area contributed by atoms with Crippen LogP contribution in [0.1, 0.15) is 31.4 Å². The minimum absolute atomic E-state index is 0.497. The van der Waals surface area contributed by atoms with Gasteiger partial charge in [-0.2, -0.15) is 0 Å². The van der Waals surface area contributed by atoms with Gasteiger partial charge >= 0.3 is 0 Å². The van der Waals surface area contributed by atoms with Crippen molar-refractivity contribution in [3.05, 3.63) is 27.7 Å². The first kappa shape index (κ1) is 18.4. The summed E-state index contributed by atoms with van der Waals surface area (Å²) >= 11 is 3.52. The van der Waals surface area contributed by atoms with Crippen molar-refractivity contribution in [2.75, 3.05) is 26.9 Å². The van der Waals surface area contributed by atoms with E-state index in [0.717, 1.165) is 34.4 Å². The highest BCUT2D eigenvalue weighted by Crippen LogP contribution is 2.28. The van der Waals surface area contributed by atoms with Crippen molar-refractivity contribution in [1.29, 1.82) is 0 Å². The molecule has 0 aliphatic heterocycles. The summed E-state index contributed by atoms with van der Waals surface area (Å²) in [6.07, 6.45) is 0.596. The van der Waals surface area contributed by atoms with E-state index in [2.05, 4.69) is 27.3 Å². The van der Waals surface area contributed by atoms with Crippen molar-refractivity contribution in [2.45, 2.75) is 39.3 Å². The summed E-state index contributed by atoms with van der Waals surface area (Å²) < 4.78 is 12.0. The van der Waals surface area contributed by atoms with Crippen LogP contribution in [-0.4, -0.2) is 37.6 Å². The van der Waals surface area contributed by atoms with Crippen LogP contribution >= 0.6 is 15.9 Å². The van der Waals surface area contributed by atoms with Crippen LogP contribution in [0.2, 0.25) is 0 Å². The molecule has 0 spiro atoms. The van der Waals surface area contributed by atoms with Crippen LogP contribution in [0.5, 0.6) is 5.75 Å². The molecular formula is C16H26BrNO3. The summed E-state index contributed by atoms with van der Waals surface area (Å²) in [5.41, 5.74) is 1.48. The first-order valence-electron chi connectivity index (χ1n) is 7.17. The average molecular weight is 360 g/mol. The Morgan fingerprint density at radius 1 is 1.29 bits per heavy atom. The fraction of sp³-hybridized carbons (Fsp3) is 0.625. The molecule has 0 heterocycles. The zero-order valence-electron chi connectivity index (χ0n) is 13.3. The Kier molecular flexibility index (Phi) is 7.66. The summed E-state index contributed by atoms with van der Waals surface area (Å²) in [5, 5.41) is 13.1. The van der Waals surface area contributed by atoms with E-state index in [9.17, 15) is 5.11 Å². The predicted octanol–water partition coefficient (Wildman–Crippen LogP) is 3.03. The lowest BCUT2D eigenvalue weighted by Crippen LogP contribution is -2.23. The Labute approximate surface area is 136 Å². The number of methoxy groups -OCH3 is 1. The van der Waals surface area contributed by atoms with Crippen molar-refractivity contribution in [1.82, 2.24) is 5.32 Å². The second-order valence-corrected chi connectivity index (χ2v) is 6.71. The van der Waals surface area contributed by atoms with Gasteiger partial charge in [0.1, 0.15) is 5.75 Å². The van der Waals surface area contributed by atoms with Crippen LogP contribution in [0.25, 0.3) is 0 Å². The van der Waals surface area contributed by atoms with Crippen molar-refractivity contribution >= 4 is 15.9 Å². The lowest BCUT2D eigenvalue weighted by atomic mass is 10.1. The van der Waals surface area contributed by atoms with Gasteiger partial charge in [-0.3, -0.25) is 0 Å². The third kappa shape index (κ3) is 7.27. The molecule has 0 aliphatic rings. The third-order valence-electron chi connectivity index (χ3n) is 3.07. The fourth-order valence-electron chi connectivity index (χ4n) is 1.94. The molecule has 0 saturated heterocycles. The molecule has 0 atom stereocenters. The van der Waals surface area contributed by atoms with Crippen molar-refractivity contribution in [3.63, 3.8) is 0 Å². The third-order valence-corrected chi connectivity index (χ3v) is 3.53. The van der Waals surface area contributed by atoms with Crippen LogP contribution in [0.4, 0.5) is 0 Å². The Hall–Kier alpha value is -0.620. The SMILES string of the molecule is COCCNCc1cc(Br)cc(C)c1OCCC(C)(C)O. The Balaban J connectivity index is 2.70. The molecule has 0 radical (unpaired) electrons. The summed E-state index contributed by atoms with van der Waals surface area (Å²) in [6, 6.07) is 4.10. The largest absolute Gasteiger partial charge is 0.493 e. The van der Waals surface area contributed by atoms with E-state index in [4.69, 9.17) is 9.47 Å². The molecule has 0 fully saturated rings. The molecule has 4 nitrogen and oxygen atoms in total. The van der Waals surface area contributed by atoms with E-state index in [1.165, 1.54) is 0 Å². The van der Waals surface area contributed by atoms with Gasteiger partial charge in [-0.1, -0.05) is 15.9 Å². The second kappa shape index (κ2) is 8.73. The van der Waals surface area contributed by atoms with Crippen LogP contribution in [0, 0.1) is 6.92 Å². The van der Waals surface area contributed by atoms with Crippen LogP contribution < -0.4 is 10.1 Å². The normalized spacial score (nSPS) is 11.7. The van der Waals surface area contributed by atoms with Gasteiger partial charge < -0.3 is 19.9 Å². The van der Waals surface area contributed by atoms with Crippen LogP contribution in [-0.2, 0) is 11.3 Å². The maximum atomic E-state index is 9.77. The van der Waals surface area contributed by atoms with E-state index in [1.54, 1.807) is 21.0 Å². The predicted molar refractivity (Wildman–Crippen MR) is 88.9 cm³/mol. The number of nitrogens with one attached hydrogen (secondary N) is 1. The Bertz CT molecular complexity index is 444. The number of rotatable bonds is 9. The highest BCUT2D eigenvalue weighted by molar-refractivity contribution is 9.10. The van der Waals surface area contributed by atoms with Crippen molar-refractivity contribution in [2.24, 2.45) is 0 Å². The lowest BCUT2D eigenvalue weighted by molar-refractivity contribution is 0.0550. The molecule has 0 bridgehead atoms. The maximum absolute atomic E-state index is 9.77. The number of hydrogen-bond acceptors (Lipinski definition) is 4. The molecule has 21 heavy (non-hydrogen) atoms. The van der Waals surface area contributed by atoms with E-state index < -0.39 is 5.60 Å². The number of hydrogen-bond donors (Lipinski definition) is 2. The lowest BCUT2D eigenvalue weighted by Gasteiger charge is -2.20. The minimum Gasteiger partial charge on any atom is -0.493 e. The average Bonchev–Trinajstić information content (AvgIpc) is 2.36. The minimum atomic E-state index is -0.708. The molecular weight excluding hydrogens is 334 g/mol. The molecule has 1 aromatic rings. The van der Waals surface area contributed by atoms with E-state index >= 15 is 0 Å². The first-order valence-corrected chi connectivity index (χ1v) is 7.96. The van der Waals surface area contributed by atoms with E-state index in [1.807, 2.05) is 13.0 Å². The molecule has 120 valence electrons. The number of benzene rings is 1. The molecule has 0 amide bonds. The summed E-state index contributed by atoms with van der Waals surface area (Å²) in [4.78, 5) is 0. The number of aliphatic hydroxyl groups is 1. The summed E-state index contributed by atoms with van der Waals surface area (Å²) in [6.45, 7) is 8.31. The maximum Gasteiger partial charge on any atom is 0.126 e. The van der Waals surface area contributed by atoms with Gasteiger partial charge in [-0.05, 0) is 38.5 Å². The van der Waals surface area contributed by atoms with Gasteiger partial charge in [0, 0.05) is 36.7 Å². The standard InChI is InChI=1S/C16H26BrNO3/c1-12-9-14(17)10-13(11-18-6-8-20-4)15(12)21-7-5-16(2,3)19/h9-10,18-19H,5-8,11H2,1-4H3. The zero-order chi connectivity index (χ0) is 15.9. The van der Waals surface area contributed by atoms with E-state index in [-0.39, 0.29) is 0 Å².